The largest absolute Gasteiger partial charge is 0.444 e. The minimum Gasteiger partial charge on any atom is -0.444 e. The minimum atomic E-state index is -0.502. The van der Waals surface area contributed by atoms with Crippen LogP contribution >= 0.6 is 11.6 Å². The van der Waals surface area contributed by atoms with Gasteiger partial charge >= 0.3 is 6.09 Å². The van der Waals surface area contributed by atoms with Crippen LogP contribution in [0.5, 0.6) is 0 Å². The third kappa shape index (κ3) is 5.67. The number of rotatable bonds is 3. The van der Waals surface area contributed by atoms with Crippen LogP contribution in [-0.2, 0) is 4.74 Å². The molecule has 0 atom stereocenters. The Morgan fingerprint density at radius 1 is 1.17 bits per heavy atom. The highest BCUT2D eigenvalue weighted by Gasteiger charge is 2.26. The lowest BCUT2D eigenvalue weighted by Crippen LogP contribution is -2.45. The minimum absolute atomic E-state index is 0.0745. The molecule has 24 heavy (non-hydrogen) atoms. The van der Waals surface area contributed by atoms with Gasteiger partial charge in [-0.2, -0.15) is 0 Å². The molecule has 0 aliphatic heterocycles. The number of amides is 2. The highest BCUT2D eigenvalue weighted by molar-refractivity contribution is 6.32. The van der Waals surface area contributed by atoms with Crippen molar-refractivity contribution in [2.45, 2.75) is 64.1 Å². The molecule has 1 fully saturated rings. The van der Waals surface area contributed by atoms with Gasteiger partial charge < -0.3 is 15.4 Å². The first-order valence-electron chi connectivity index (χ1n) is 8.15. The topological polar surface area (TPSA) is 80.3 Å². The molecule has 1 aliphatic carbocycles. The second-order valence-corrected chi connectivity index (χ2v) is 7.37. The SMILES string of the molecule is CC(C)(C)OC(=O)NC1CCC(NC(=O)c2cccnc2Cl)CC1. The summed E-state index contributed by atoms with van der Waals surface area (Å²) in [7, 11) is 0. The number of nitrogens with one attached hydrogen (secondary N) is 2. The third-order valence-corrected chi connectivity index (χ3v) is 4.09. The summed E-state index contributed by atoms with van der Waals surface area (Å²) in [6.07, 6.45) is 4.34. The van der Waals surface area contributed by atoms with Gasteiger partial charge in [-0.25, -0.2) is 9.78 Å². The maximum absolute atomic E-state index is 12.2. The van der Waals surface area contributed by atoms with Gasteiger partial charge in [0.05, 0.1) is 5.56 Å². The summed E-state index contributed by atoms with van der Waals surface area (Å²) in [6.45, 7) is 5.51. The number of carbonyl (C=O) groups is 2. The lowest BCUT2D eigenvalue weighted by atomic mass is 9.91. The predicted molar refractivity (Wildman–Crippen MR) is 92.1 cm³/mol. The Bertz CT molecular complexity index is 593. The van der Waals surface area contributed by atoms with Gasteiger partial charge in [0.15, 0.2) is 0 Å². The van der Waals surface area contributed by atoms with Crippen molar-refractivity contribution in [2.75, 3.05) is 0 Å². The Kier molecular flexibility index (Phi) is 6.04. The lowest BCUT2D eigenvalue weighted by molar-refractivity contribution is 0.0488. The summed E-state index contributed by atoms with van der Waals surface area (Å²) >= 11 is 5.94. The van der Waals surface area contributed by atoms with Crippen molar-refractivity contribution in [1.82, 2.24) is 15.6 Å². The van der Waals surface area contributed by atoms with E-state index in [1.54, 1.807) is 18.3 Å². The summed E-state index contributed by atoms with van der Waals surface area (Å²) in [5.41, 5.74) is -0.119. The first-order valence-corrected chi connectivity index (χ1v) is 8.53. The first-order chi connectivity index (χ1) is 11.2. The molecule has 6 nitrogen and oxygen atoms in total. The van der Waals surface area contributed by atoms with Crippen LogP contribution < -0.4 is 10.6 Å². The number of halogens is 1. The predicted octanol–water partition coefficient (Wildman–Crippen LogP) is 3.30. The fourth-order valence-electron chi connectivity index (χ4n) is 2.67. The molecular weight excluding hydrogens is 330 g/mol. The number of aromatic nitrogens is 1. The standard InChI is InChI=1S/C17H24ClN3O3/c1-17(2,3)24-16(23)21-12-8-6-11(7-9-12)20-15(22)13-5-4-10-19-14(13)18/h4-5,10-12H,6-9H2,1-3H3,(H,20,22)(H,21,23). The highest BCUT2D eigenvalue weighted by Crippen LogP contribution is 2.20. The molecule has 1 saturated carbocycles. The Morgan fingerprint density at radius 3 is 2.29 bits per heavy atom. The van der Waals surface area contributed by atoms with Crippen molar-refractivity contribution in [1.29, 1.82) is 0 Å². The molecule has 1 aromatic rings. The van der Waals surface area contributed by atoms with E-state index in [9.17, 15) is 9.59 Å². The second kappa shape index (κ2) is 7.83. The molecule has 0 unspecified atom stereocenters. The molecule has 0 spiro atoms. The van der Waals surface area contributed by atoms with Gasteiger partial charge in [0, 0.05) is 18.3 Å². The second-order valence-electron chi connectivity index (χ2n) is 7.01. The molecule has 2 amide bonds. The van der Waals surface area contributed by atoms with Crippen molar-refractivity contribution < 1.29 is 14.3 Å². The van der Waals surface area contributed by atoms with E-state index in [4.69, 9.17) is 16.3 Å². The van der Waals surface area contributed by atoms with Crippen molar-refractivity contribution in [2.24, 2.45) is 0 Å². The number of hydrogen-bond acceptors (Lipinski definition) is 4. The van der Waals surface area contributed by atoms with Crippen LogP contribution in [0.25, 0.3) is 0 Å². The van der Waals surface area contributed by atoms with Gasteiger partial charge in [-0.3, -0.25) is 4.79 Å². The lowest BCUT2D eigenvalue weighted by Gasteiger charge is -2.30. The monoisotopic (exact) mass is 353 g/mol. The Hall–Kier alpha value is -1.82. The van der Waals surface area contributed by atoms with Crippen molar-refractivity contribution in [3.05, 3.63) is 29.0 Å². The zero-order chi connectivity index (χ0) is 17.7. The van der Waals surface area contributed by atoms with Gasteiger partial charge in [0.25, 0.3) is 5.91 Å². The third-order valence-electron chi connectivity index (χ3n) is 3.79. The van der Waals surface area contributed by atoms with Crippen molar-refractivity contribution in [3.8, 4) is 0 Å². The van der Waals surface area contributed by atoms with Crippen LogP contribution in [0.3, 0.4) is 0 Å². The summed E-state index contributed by atoms with van der Waals surface area (Å²) in [5.74, 6) is -0.211. The summed E-state index contributed by atoms with van der Waals surface area (Å²) in [4.78, 5) is 27.9. The molecule has 0 saturated heterocycles. The van der Waals surface area contributed by atoms with Crippen molar-refractivity contribution in [3.63, 3.8) is 0 Å². The maximum Gasteiger partial charge on any atom is 0.407 e. The van der Waals surface area contributed by atoms with Crippen LogP contribution in [0.15, 0.2) is 18.3 Å². The van der Waals surface area contributed by atoms with E-state index >= 15 is 0 Å². The quantitative estimate of drug-likeness (QED) is 0.817. The van der Waals surface area contributed by atoms with E-state index in [1.165, 1.54) is 0 Å². The number of nitrogens with zero attached hydrogens (tertiary/aromatic N) is 1. The average Bonchev–Trinajstić information content (AvgIpc) is 2.47. The maximum atomic E-state index is 12.2. The van der Waals surface area contributed by atoms with Gasteiger partial charge in [0.1, 0.15) is 10.8 Å². The summed E-state index contributed by atoms with van der Waals surface area (Å²) in [5, 5.41) is 6.07. The van der Waals surface area contributed by atoms with E-state index < -0.39 is 11.7 Å². The molecule has 0 radical (unpaired) electrons. The van der Waals surface area contributed by atoms with Crippen LogP contribution in [-0.4, -0.2) is 34.7 Å². The van der Waals surface area contributed by atoms with Crippen LogP contribution in [0.4, 0.5) is 4.79 Å². The molecular formula is C17H24ClN3O3. The van der Waals surface area contributed by atoms with Gasteiger partial charge in [-0.15, -0.1) is 0 Å². The van der Waals surface area contributed by atoms with Crippen molar-refractivity contribution >= 4 is 23.6 Å². The summed E-state index contributed by atoms with van der Waals surface area (Å²) in [6, 6.07) is 3.49. The zero-order valence-electron chi connectivity index (χ0n) is 14.3. The molecule has 0 aromatic carbocycles. The molecule has 2 rings (SSSR count). The summed E-state index contributed by atoms with van der Waals surface area (Å²) < 4.78 is 5.26. The average molecular weight is 354 g/mol. The van der Waals surface area contributed by atoms with E-state index in [1.807, 2.05) is 20.8 Å². The van der Waals surface area contributed by atoms with Crippen LogP contribution in [0, 0.1) is 0 Å². The number of hydrogen-bond donors (Lipinski definition) is 2. The van der Waals surface area contributed by atoms with E-state index in [2.05, 4.69) is 15.6 Å². The fraction of sp³-hybridized carbons (Fsp3) is 0.588. The van der Waals surface area contributed by atoms with E-state index in [0.29, 0.717) is 5.56 Å². The van der Waals surface area contributed by atoms with E-state index in [-0.39, 0.29) is 23.1 Å². The Balaban J connectivity index is 1.78. The van der Waals surface area contributed by atoms with E-state index in [0.717, 1.165) is 25.7 Å². The smallest absolute Gasteiger partial charge is 0.407 e. The number of carbonyl (C=O) groups excluding carboxylic acids is 2. The molecule has 132 valence electrons. The van der Waals surface area contributed by atoms with Crippen LogP contribution in [0.1, 0.15) is 56.8 Å². The Morgan fingerprint density at radius 2 is 1.75 bits per heavy atom. The zero-order valence-corrected chi connectivity index (χ0v) is 15.0. The van der Waals surface area contributed by atoms with Gasteiger partial charge in [-0.05, 0) is 58.6 Å². The van der Waals surface area contributed by atoms with Crippen LogP contribution in [0.2, 0.25) is 5.15 Å². The normalized spacial score (nSPS) is 21.0. The fourth-order valence-corrected chi connectivity index (χ4v) is 2.88. The molecule has 0 bridgehead atoms. The number of ether oxygens (including phenoxy) is 1. The van der Waals surface area contributed by atoms with Gasteiger partial charge in [0.2, 0.25) is 0 Å². The first kappa shape index (κ1) is 18.5. The molecule has 2 N–H and O–H groups in total. The molecule has 1 heterocycles. The number of alkyl carbamates (subject to hydrolysis) is 1. The van der Waals surface area contributed by atoms with Gasteiger partial charge in [-0.1, -0.05) is 11.6 Å². The molecule has 1 aromatic heterocycles. The highest BCUT2D eigenvalue weighted by atomic mass is 35.5. The number of pyridine rings is 1. The Labute approximate surface area is 147 Å². The molecule has 7 heteroatoms. The molecule has 1 aliphatic rings.